The van der Waals surface area contributed by atoms with E-state index in [-0.39, 0.29) is 11.7 Å². The summed E-state index contributed by atoms with van der Waals surface area (Å²) in [5.74, 6) is 0.292. The van der Waals surface area contributed by atoms with Crippen LogP contribution in [-0.2, 0) is 16.1 Å². The summed E-state index contributed by atoms with van der Waals surface area (Å²) in [6, 6.07) is 4.07. The first-order valence-electron chi connectivity index (χ1n) is 7.95. The van der Waals surface area contributed by atoms with Gasteiger partial charge >= 0.3 is 0 Å². The van der Waals surface area contributed by atoms with E-state index in [9.17, 15) is 10.1 Å². The second kappa shape index (κ2) is 5.92. The van der Waals surface area contributed by atoms with Crippen LogP contribution >= 0.6 is 0 Å². The molecule has 0 saturated carbocycles. The minimum absolute atomic E-state index is 0.0402. The summed E-state index contributed by atoms with van der Waals surface area (Å²) in [6.45, 7) is 4.71. The summed E-state index contributed by atoms with van der Waals surface area (Å²) in [5, 5.41) is 14.1. The molecule has 0 bridgehead atoms. The highest BCUT2D eigenvalue weighted by Gasteiger charge is 2.39. The number of aromatic nitrogens is 2. The standard InChI is InChI=1S/C17H20N4O2/c1-3-7-21-12(8-10(2)20-21)15-11(9-18)17(19)23-14-6-4-5-13(22)16(14)15/h8,15H,3-7,19H2,1-2H3. The van der Waals surface area contributed by atoms with Crippen molar-refractivity contribution < 1.29 is 9.53 Å². The predicted octanol–water partition coefficient (Wildman–Crippen LogP) is 2.42. The van der Waals surface area contributed by atoms with Crippen LogP contribution in [0.15, 0.2) is 28.9 Å². The second-order valence-electron chi connectivity index (χ2n) is 5.97. The van der Waals surface area contributed by atoms with Crippen LogP contribution in [0.2, 0.25) is 0 Å². The Labute approximate surface area is 135 Å². The largest absolute Gasteiger partial charge is 0.444 e. The molecule has 0 radical (unpaired) electrons. The number of ether oxygens (including phenoxy) is 1. The van der Waals surface area contributed by atoms with Gasteiger partial charge in [0.05, 0.1) is 17.3 Å². The third-order valence-electron chi connectivity index (χ3n) is 4.27. The van der Waals surface area contributed by atoms with Gasteiger partial charge in [0.25, 0.3) is 0 Å². The van der Waals surface area contributed by atoms with Gasteiger partial charge < -0.3 is 10.5 Å². The van der Waals surface area contributed by atoms with Crippen molar-refractivity contribution in [3.05, 3.63) is 40.2 Å². The van der Waals surface area contributed by atoms with Crippen molar-refractivity contribution in [2.24, 2.45) is 5.73 Å². The number of Topliss-reactive ketones (excluding diaryl/α,β-unsaturated/α-hetero) is 1. The van der Waals surface area contributed by atoms with E-state index in [4.69, 9.17) is 10.5 Å². The molecule has 1 aromatic heterocycles. The van der Waals surface area contributed by atoms with Crippen molar-refractivity contribution in [1.82, 2.24) is 9.78 Å². The summed E-state index contributed by atoms with van der Waals surface area (Å²) < 4.78 is 7.46. The molecule has 1 atom stereocenters. The molecule has 6 heteroatoms. The molecule has 23 heavy (non-hydrogen) atoms. The van der Waals surface area contributed by atoms with E-state index >= 15 is 0 Å². The molecule has 0 spiro atoms. The molecule has 0 amide bonds. The van der Waals surface area contributed by atoms with Crippen molar-refractivity contribution in [3.8, 4) is 6.07 Å². The van der Waals surface area contributed by atoms with Gasteiger partial charge in [0, 0.05) is 25.0 Å². The number of carbonyl (C=O) groups excluding carboxylic acids is 1. The first-order chi connectivity index (χ1) is 11.1. The van der Waals surface area contributed by atoms with Crippen molar-refractivity contribution in [3.63, 3.8) is 0 Å². The average Bonchev–Trinajstić information content (AvgIpc) is 2.87. The van der Waals surface area contributed by atoms with Crippen molar-refractivity contribution >= 4 is 5.78 Å². The Balaban J connectivity index is 2.19. The lowest BCUT2D eigenvalue weighted by Gasteiger charge is -2.30. The molecular weight excluding hydrogens is 292 g/mol. The molecule has 3 rings (SSSR count). The number of aryl methyl sites for hydroxylation is 2. The Hall–Kier alpha value is -2.55. The maximum Gasteiger partial charge on any atom is 0.205 e. The van der Waals surface area contributed by atoms with Gasteiger partial charge in [-0.1, -0.05) is 6.92 Å². The lowest BCUT2D eigenvalue weighted by Crippen LogP contribution is -2.28. The number of nitrogens with zero attached hydrogens (tertiary/aromatic N) is 3. The summed E-state index contributed by atoms with van der Waals surface area (Å²) in [6.07, 6.45) is 2.83. The second-order valence-corrected chi connectivity index (χ2v) is 5.97. The maximum atomic E-state index is 12.5. The van der Waals surface area contributed by atoms with E-state index in [1.165, 1.54) is 0 Å². The molecule has 0 aromatic carbocycles. The van der Waals surface area contributed by atoms with Crippen LogP contribution in [0.5, 0.6) is 0 Å². The van der Waals surface area contributed by atoms with Crippen LogP contribution in [0.3, 0.4) is 0 Å². The summed E-state index contributed by atoms with van der Waals surface area (Å²) in [7, 11) is 0. The van der Waals surface area contributed by atoms with E-state index < -0.39 is 5.92 Å². The maximum absolute atomic E-state index is 12.5. The fourth-order valence-corrected chi connectivity index (χ4v) is 3.34. The topological polar surface area (TPSA) is 93.9 Å². The fraction of sp³-hybridized carbons (Fsp3) is 0.471. The molecule has 6 nitrogen and oxygen atoms in total. The monoisotopic (exact) mass is 312 g/mol. The lowest BCUT2D eigenvalue weighted by molar-refractivity contribution is -0.116. The Morgan fingerprint density at radius 2 is 2.30 bits per heavy atom. The van der Waals surface area contributed by atoms with Gasteiger partial charge in [0.2, 0.25) is 5.88 Å². The normalized spacial score (nSPS) is 21.1. The molecule has 0 saturated heterocycles. The Morgan fingerprint density at radius 3 is 3.00 bits per heavy atom. The molecule has 1 aliphatic heterocycles. The third kappa shape index (κ3) is 2.52. The van der Waals surface area contributed by atoms with Gasteiger partial charge in [-0.3, -0.25) is 9.48 Å². The molecule has 120 valence electrons. The zero-order valence-electron chi connectivity index (χ0n) is 13.4. The summed E-state index contributed by atoms with van der Waals surface area (Å²) in [5.41, 5.74) is 8.55. The quantitative estimate of drug-likeness (QED) is 0.925. The smallest absolute Gasteiger partial charge is 0.205 e. The van der Waals surface area contributed by atoms with Crippen molar-refractivity contribution in [2.75, 3.05) is 0 Å². The molecular formula is C17H20N4O2. The minimum Gasteiger partial charge on any atom is -0.444 e. The Morgan fingerprint density at radius 1 is 1.52 bits per heavy atom. The van der Waals surface area contributed by atoms with E-state index in [1.807, 2.05) is 17.7 Å². The molecule has 2 aliphatic rings. The van der Waals surface area contributed by atoms with Crippen LogP contribution in [0.25, 0.3) is 0 Å². The number of rotatable bonds is 3. The number of nitrogens with two attached hydrogens (primary N) is 1. The summed E-state index contributed by atoms with van der Waals surface area (Å²) >= 11 is 0. The number of allylic oxidation sites excluding steroid dienone is 3. The average molecular weight is 312 g/mol. The van der Waals surface area contributed by atoms with E-state index in [0.717, 1.165) is 30.8 Å². The summed E-state index contributed by atoms with van der Waals surface area (Å²) in [4.78, 5) is 12.5. The van der Waals surface area contributed by atoms with Crippen LogP contribution in [0.4, 0.5) is 0 Å². The SMILES string of the molecule is CCCn1nc(C)cc1C1C(C#N)=C(N)OC2=C1C(=O)CCC2. The van der Waals surface area contributed by atoms with Crippen LogP contribution in [-0.4, -0.2) is 15.6 Å². The van der Waals surface area contributed by atoms with E-state index in [0.29, 0.717) is 29.7 Å². The van der Waals surface area contributed by atoms with Crippen LogP contribution < -0.4 is 5.73 Å². The van der Waals surface area contributed by atoms with Crippen LogP contribution in [0, 0.1) is 18.3 Å². The highest BCUT2D eigenvalue weighted by atomic mass is 16.5. The number of ketones is 1. The van der Waals surface area contributed by atoms with Crippen LogP contribution in [0.1, 0.15) is 49.9 Å². The molecule has 0 fully saturated rings. The molecule has 2 N–H and O–H groups in total. The number of hydrogen-bond acceptors (Lipinski definition) is 5. The van der Waals surface area contributed by atoms with E-state index in [2.05, 4.69) is 18.1 Å². The predicted molar refractivity (Wildman–Crippen MR) is 83.8 cm³/mol. The zero-order valence-corrected chi connectivity index (χ0v) is 13.4. The van der Waals surface area contributed by atoms with Gasteiger partial charge in [-0.05, 0) is 25.8 Å². The van der Waals surface area contributed by atoms with Gasteiger partial charge in [-0.15, -0.1) is 0 Å². The molecule has 2 heterocycles. The highest BCUT2D eigenvalue weighted by molar-refractivity contribution is 5.99. The fourth-order valence-electron chi connectivity index (χ4n) is 3.34. The van der Waals surface area contributed by atoms with Gasteiger partial charge in [0.15, 0.2) is 5.78 Å². The van der Waals surface area contributed by atoms with E-state index in [1.54, 1.807) is 0 Å². The van der Waals surface area contributed by atoms with Gasteiger partial charge in [-0.25, -0.2) is 0 Å². The molecule has 1 unspecified atom stereocenters. The first kappa shape index (κ1) is 15.3. The Bertz CT molecular complexity index is 764. The molecule has 1 aliphatic carbocycles. The molecule has 1 aromatic rings. The lowest BCUT2D eigenvalue weighted by atomic mass is 9.79. The Kier molecular flexibility index (Phi) is 3.95. The highest BCUT2D eigenvalue weighted by Crippen LogP contribution is 2.43. The third-order valence-corrected chi connectivity index (χ3v) is 4.27. The minimum atomic E-state index is -0.468. The van der Waals surface area contributed by atoms with Gasteiger partial charge in [-0.2, -0.15) is 10.4 Å². The van der Waals surface area contributed by atoms with Crippen molar-refractivity contribution in [2.45, 2.75) is 52.0 Å². The number of hydrogen-bond donors (Lipinski definition) is 1. The number of carbonyl (C=O) groups is 1. The number of nitriles is 1. The van der Waals surface area contributed by atoms with Crippen molar-refractivity contribution in [1.29, 1.82) is 5.26 Å². The zero-order chi connectivity index (χ0) is 16.6. The first-order valence-corrected chi connectivity index (χ1v) is 7.95. The van der Waals surface area contributed by atoms with Gasteiger partial charge in [0.1, 0.15) is 17.4 Å².